The maximum atomic E-state index is 12.8. The van der Waals surface area contributed by atoms with Gasteiger partial charge in [-0.1, -0.05) is 30.9 Å². The van der Waals surface area contributed by atoms with E-state index >= 15 is 0 Å². The van der Waals surface area contributed by atoms with Gasteiger partial charge in [-0.2, -0.15) is 0 Å². The lowest BCUT2D eigenvalue weighted by atomic mass is 10.0. The molecule has 6 nitrogen and oxygen atoms in total. The van der Waals surface area contributed by atoms with Crippen LogP contribution in [0.1, 0.15) is 20.8 Å². The van der Waals surface area contributed by atoms with Gasteiger partial charge in [-0.25, -0.2) is 4.79 Å². The molecule has 0 spiro atoms. The third-order valence-corrected chi connectivity index (χ3v) is 6.58. The minimum absolute atomic E-state index is 0.213. The van der Waals surface area contributed by atoms with Crippen molar-refractivity contribution in [1.82, 2.24) is 10.2 Å². The van der Waals surface area contributed by atoms with E-state index in [1.54, 1.807) is 26.8 Å². The highest BCUT2D eigenvalue weighted by molar-refractivity contribution is 8.00. The predicted octanol–water partition coefficient (Wildman–Crippen LogP) is 2.96. The number of nitrogens with one attached hydrogen (secondary N) is 1. The Morgan fingerprint density at radius 1 is 1.34 bits per heavy atom. The molecule has 1 N–H and O–H groups in total. The van der Waals surface area contributed by atoms with Crippen LogP contribution >= 0.6 is 23.5 Å². The van der Waals surface area contributed by atoms with Gasteiger partial charge in [0.15, 0.2) is 0 Å². The molecule has 1 saturated heterocycles. The first-order chi connectivity index (χ1) is 13.7. The van der Waals surface area contributed by atoms with E-state index in [0.29, 0.717) is 11.3 Å². The monoisotopic (exact) mass is 432 g/mol. The lowest BCUT2D eigenvalue weighted by Crippen LogP contribution is -2.70. The van der Waals surface area contributed by atoms with Gasteiger partial charge in [0, 0.05) is 10.6 Å². The van der Waals surface area contributed by atoms with Crippen molar-refractivity contribution in [3.63, 3.8) is 0 Å². The lowest BCUT2D eigenvalue weighted by Gasteiger charge is -2.49. The van der Waals surface area contributed by atoms with Crippen molar-refractivity contribution in [3.05, 3.63) is 54.3 Å². The van der Waals surface area contributed by atoms with Gasteiger partial charge in [0.25, 0.3) is 5.91 Å². The van der Waals surface area contributed by atoms with Crippen LogP contribution in [0.2, 0.25) is 0 Å². The number of hydrogen-bond donors (Lipinski definition) is 1. The largest absolute Gasteiger partial charge is 0.455 e. The van der Waals surface area contributed by atoms with Crippen LogP contribution in [0.15, 0.2) is 59.2 Å². The fourth-order valence-electron chi connectivity index (χ4n) is 3.00. The molecule has 0 aromatic heterocycles. The number of carbonyl (C=O) groups excluding carboxylic acids is 3. The highest BCUT2D eigenvalue weighted by atomic mass is 32.2. The van der Waals surface area contributed by atoms with Gasteiger partial charge in [0.05, 0.1) is 5.75 Å². The van der Waals surface area contributed by atoms with Crippen LogP contribution < -0.4 is 5.32 Å². The molecule has 8 heteroatoms. The van der Waals surface area contributed by atoms with Crippen molar-refractivity contribution in [1.29, 1.82) is 0 Å². The fourth-order valence-corrected chi connectivity index (χ4v) is 5.07. The summed E-state index contributed by atoms with van der Waals surface area (Å²) in [6.45, 7) is 9.08. The van der Waals surface area contributed by atoms with Crippen molar-refractivity contribution >= 4 is 41.3 Å². The Labute approximate surface area is 179 Å². The number of fused-ring (bicyclic) bond motifs is 1. The fraction of sp³-hybridized carbons (Fsp3) is 0.381. The first-order valence-corrected chi connectivity index (χ1v) is 11.3. The van der Waals surface area contributed by atoms with Crippen LogP contribution in [0.3, 0.4) is 0 Å². The Morgan fingerprint density at radius 2 is 2.03 bits per heavy atom. The number of esters is 1. The average molecular weight is 433 g/mol. The van der Waals surface area contributed by atoms with E-state index in [1.807, 2.05) is 30.3 Å². The number of rotatable bonds is 6. The number of ether oxygens (including phenoxy) is 1. The molecule has 2 atom stereocenters. The summed E-state index contributed by atoms with van der Waals surface area (Å²) >= 11 is 2.91. The minimum Gasteiger partial charge on any atom is -0.455 e. The number of nitrogens with zero attached hydrogens (tertiary/aromatic N) is 1. The highest BCUT2D eigenvalue weighted by Gasteiger charge is 2.54. The van der Waals surface area contributed by atoms with Crippen molar-refractivity contribution in [2.24, 2.45) is 0 Å². The van der Waals surface area contributed by atoms with Gasteiger partial charge in [0.1, 0.15) is 22.7 Å². The summed E-state index contributed by atoms with van der Waals surface area (Å²) in [4.78, 5) is 40.2. The first-order valence-electron chi connectivity index (χ1n) is 9.22. The Bertz CT molecular complexity index is 861. The molecule has 1 aromatic carbocycles. The number of hydrogen-bond acceptors (Lipinski definition) is 6. The second-order valence-electron chi connectivity index (χ2n) is 7.64. The minimum atomic E-state index is -0.674. The average Bonchev–Trinajstić information content (AvgIpc) is 2.68. The molecule has 0 unspecified atom stereocenters. The van der Waals surface area contributed by atoms with Gasteiger partial charge in [0.2, 0.25) is 5.91 Å². The van der Waals surface area contributed by atoms with E-state index in [1.165, 1.54) is 28.4 Å². The summed E-state index contributed by atoms with van der Waals surface area (Å²) in [7, 11) is 0. The summed E-state index contributed by atoms with van der Waals surface area (Å²) < 4.78 is 5.48. The summed E-state index contributed by atoms with van der Waals surface area (Å²) in [6, 6.07) is 8.95. The van der Waals surface area contributed by atoms with E-state index in [4.69, 9.17) is 4.74 Å². The van der Waals surface area contributed by atoms with E-state index in [2.05, 4.69) is 11.9 Å². The number of carbonyl (C=O) groups is 3. The molecule has 154 valence electrons. The van der Waals surface area contributed by atoms with Gasteiger partial charge in [-0.3, -0.25) is 14.5 Å². The van der Waals surface area contributed by atoms with Crippen molar-refractivity contribution in [3.8, 4) is 0 Å². The number of benzene rings is 1. The maximum absolute atomic E-state index is 12.8. The molecule has 2 aliphatic heterocycles. The van der Waals surface area contributed by atoms with E-state index in [9.17, 15) is 14.4 Å². The summed E-state index contributed by atoms with van der Waals surface area (Å²) in [6.07, 6.45) is 1.58. The van der Waals surface area contributed by atoms with Crippen LogP contribution in [0.5, 0.6) is 0 Å². The predicted molar refractivity (Wildman–Crippen MR) is 115 cm³/mol. The zero-order valence-electron chi connectivity index (χ0n) is 16.6. The van der Waals surface area contributed by atoms with Crippen LogP contribution in [0, 0.1) is 0 Å². The molecule has 0 radical (unpaired) electrons. The molecular weight excluding hydrogens is 408 g/mol. The Hall–Kier alpha value is -2.19. The number of thioether (sulfide) groups is 2. The molecule has 1 aromatic rings. The molecule has 1 fully saturated rings. The van der Waals surface area contributed by atoms with Crippen LogP contribution in [-0.4, -0.2) is 51.2 Å². The maximum Gasteiger partial charge on any atom is 0.355 e. The highest BCUT2D eigenvalue weighted by Crippen LogP contribution is 2.41. The summed E-state index contributed by atoms with van der Waals surface area (Å²) in [5.41, 5.74) is 0.221. The van der Waals surface area contributed by atoms with Crippen LogP contribution in [0.4, 0.5) is 0 Å². The topological polar surface area (TPSA) is 75.7 Å². The van der Waals surface area contributed by atoms with Crippen molar-refractivity contribution < 1.29 is 19.1 Å². The molecule has 2 aliphatic rings. The van der Waals surface area contributed by atoms with Gasteiger partial charge in [-0.15, -0.1) is 23.5 Å². The van der Waals surface area contributed by atoms with Gasteiger partial charge in [-0.05, 0) is 38.5 Å². The zero-order chi connectivity index (χ0) is 21.2. The third kappa shape index (κ3) is 4.87. The van der Waals surface area contributed by atoms with Gasteiger partial charge < -0.3 is 10.1 Å². The lowest BCUT2D eigenvalue weighted by molar-refractivity contribution is -0.158. The SMILES string of the molecule is C=CC1=C(C(=O)OC(C)(C)C)N2C(=O)[C@@H](NC(=O)CSc3ccccc3)[C@H]2SC1. The Kier molecular flexibility index (Phi) is 6.43. The second kappa shape index (κ2) is 8.67. The van der Waals surface area contributed by atoms with Gasteiger partial charge >= 0.3 is 5.97 Å². The standard InChI is InChI=1S/C21H24N2O4S2/c1-5-13-11-29-19-16(22-15(24)12-28-14-9-7-6-8-10-14)18(25)23(19)17(13)20(26)27-21(2,3)4/h5-10,16,19H,1,11-12H2,2-4H3,(H,22,24)/t16-,19-/m1/s1. The summed E-state index contributed by atoms with van der Waals surface area (Å²) in [5, 5.41) is 2.48. The summed E-state index contributed by atoms with van der Waals surface area (Å²) in [5.74, 6) is -0.319. The quantitative estimate of drug-likeness (QED) is 0.423. The van der Waals surface area contributed by atoms with Crippen LogP contribution in [0.25, 0.3) is 0 Å². The van der Waals surface area contributed by atoms with E-state index < -0.39 is 17.6 Å². The smallest absolute Gasteiger partial charge is 0.355 e. The zero-order valence-corrected chi connectivity index (χ0v) is 18.3. The number of β-lactam (4-membered cyclic amide) rings is 1. The molecule has 3 rings (SSSR count). The molecule has 2 heterocycles. The Morgan fingerprint density at radius 3 is 2.66 bits per heavy atom. The third-order valence-electron chi connectivity index (χ3n) is 4.27. The van der Waals surface area contributed by atoms with Crippen molar-refractivity contribution in [2.45, 2.75) is 42.7 Å². The first kappa shape index (κ1) is 21.5. The molecule has 0 saturated carbocycles. The van der Waals surface area contributed by atoms with E-state index in [0.717, 1.165) is 4.90 Å². The second-order valence-corrected chi connectivity index (χ2v) is 9.79. The normalized spacial score (nSPS) is 21.2. The Balaban J connectivity index is 1.66. The van der Waals surface area contributed by atoms with Crippen LogP contribution in [-0.2, 0) is 19.1 Å². The van der Waals surface area contributed by atoms with E-state index in [-0.39, 0.29) is 28.6 Å². The molecule has 29 heavy (non-hydrogen) atoms. The number of allylic oxidation sites excluding steroid dienone is 1. The molecule has 2 amide bonds. The number of amides is 2. The van der Waals surface area contributed by atoms with Crippen molar-refractivity contribution in [2.75, 3.05) is 11.5 Å². The molecule has 0 aliphatic carbocycles. The molecular formula is C21H24N2O4S2. The molecule has 0 bridgehead atoms.